The third-order valence-corrected chi connectivity index (χ3v) is 9.17. The van der Waals surface area contributed by atoms with E-state index in [9.17, 15) is 9.18 Å². The minimum Gasteiger partial charge on any atom is -0.497 e. The molecule has 274 valence electrons. The van der Waals surface area contributed by atoms with Crippen molar-refractivity contribution in [3.05, 3.63) is 149 Å². The second kappa shape index (κ2) is 17.7. The van der Waals surface area contributed by atoms with Crippen molar-refractivity contribution >= 4 is 12.0 Å². The van der Waals surface area contributed by atoms with E-state index in [-0.39, 0.29) is 17.8 Å². The van der Waals surface area contributed by atoms with Crippen molar-refractivity contribution in [2.24, 2.45) is 0 Å². The van der Waals surface area contributed by atoms with Gasteiger partial charge in [0.1, 0.15) is 35.4 Å². The number of hydrogen-bond acceptors (Lipinski definition) is 7. The maximum Gasteiger partial charge on any atom is 0.246 e. The molecule has 9 heteroatoms. The highest BCUT2D eigenvalue weighted by Gasteiger charge is 2.20. The number of carbonyl (C=O) groups is 1. The molecule has 1 fully saturated rings. The van der Waals surface area contributed by atoms with Crippen LogP contribution in [0.1, 0.15) is 40.3 Å². The second-order valence-electron chi connectivity index (χ2n) is 13.4. The van der Waals surface area contributed by atoms with Gasteiger partial charge in [0.05, 0.1) is 19.4 Å². The average Bonchev–Trinajstić information content (AvgIpc) is 3.17. The van der Waals surface area contributed by atoms with Crippen LogP contribution in [0.2, 0.25) is 0 Å². The number of piperazine rings is 1. The predicted octanol–water partition coefficient (Wildman–Crippen LogP) is 8.59. The quantitative estimate of drug-likeness (QED) is 0.107. The number of aromatic nitrogens is 1. The van der Waals surface area contributed by atoms with E-state index >= 15 is 0 Å². The van der Waals surface area contributed by atoms with Crippen LogP contribution >= 0.6 is 0 Å². The Labute approximate surface area is 311 Å². The van der Waals surface area contributed by atoms with Crippen LogP contribution in [0.4, 0.5) is 4.39 Å². The first-order valence-corrected chi connectivity index (χ1v) is 17.9. The summed E-state index contributed by atoms with van der Waals surface area (Å²) in [5.74, 6) is 3.08. The number of methoxy groups -OCH3 is 1. The van der Waals surface area contributed by atoms with Crippen molar-refractivity contribution in [1.82, 2.24) is 14.8 Å². The Bertz CT molecular complexity index is 1950. The third kappa shape index (κ3) is 10.7. The van der Waals surface area contributed by atoms with Crippen LogP contribution < -0.4 is 18.9 Å². The van der Waals surface area contributed by atoms with Gasteiger partial charge in [0.2, 0.25) is 11.8 Å². The molecule has 0 saturated carbocycles. The molecule has 5 aromatic rings. The van der Waals surface area contributed by atoms with Gasteiger partial charge in [0, 0.05) is 51.3 Å². The molecule has 8 nitrogen and oxygen atoms in total. The molecular weight excluding hydrogens is 669 g/mol. The van der Waals surface area contributed by atoms with Crippen molar-refractivity contribution < 1.29 is 28.1 Å². The third-order valence-electron chi connectivity index (χ3n) is 9.17. The lowest BCUT2D eigenvalue weighted by Gasteiger charge is -2.34. The molecule has 1 aromatic heterocycles. The summed E-state index contributed by atoms with van der Waals surface area (Å²) in [6, 6.07) is 30.1. The van der Waals surface area contributed by atoms with E-state index in [0.717, 1.165) is 59.8 Å². The Kier molecular flexibility index (Phi) is 12.4. The molecule has 53 heavy (non-hydrogen) atoms. The Balaban J connectivity index is 0.936. The van der Waals surface area contributed by atoms with Crippen LogP contribution in [-0.4, -0.2) is 60.1 Å². The van der Waals surface area contributed by atoms with Gasteiger partial charge in [-0.15, -0.1) is 0 Å². The van der Waals surface area contributed by atoms with E-state index in [1.54, 1.807) is 37.6 Å². The lowest BCUT2D eigenvalue weighted by molar-refractivity contribution is -0.127. The molecule has 0 N–H and O–H groups in total. The van der Waals surface area contributed by atoms with E-state index in [4.69, 9.17) is 18.9 Å². The highest BCUT2D eigenvalue weighted by molar-refractivity contribution is 5.92. The van der Waals surface area contributed by atoms with Gasteiger partial charge in [0.15, 0.2) is 0 Å². The lowest BCUT2D eigenvalue weighted by atomic mass is 10.0. The summed E-state index contributed by atoms with van der Waals surface area (Å²) in [4.78, 5) is 21.8. The molecule has 0 aliphatic carbocycles. The maximum absolute atomic E-state index is 13.2. The number of amides is 1. The van der Waals surface area contributed by atoms with Crippen LogP contribution in [0, 0.1) is 19.7 Å². The van der Waals surface area contributed by atoms with Crippen LogP contribution in [0.25, 0.3) is 6.08 Å². The van der Waals surface area contributed by atoms with E-state index in [1.807, 2.05) is 74.2 Å². The molecule has 1 amide bonds. The molecule has 0 spiro atoms. The largest absolute Gasteiger partial charge is 0.497 e. The number of pyridine rings is 1. The normalized spacial score (nSPS) is 13.9. The number of benzene rings is 4. The number of aryl methyl sites for hydroxylation is 2. The van der Waals surface area contributed by atoms with Gasteiger partial charge in [-0.05, 0) is 115 Å². The summed E-state index contributed by atoms with van der Waals surface area (Å²) in [5, 5.41) is 0. The first-order valence-electron chi connectivity index (χ1n) is 17.9. The fourth-order valence-electron chi connectivity index (χ4n) is 6.30. The molecule has 1 atom stereocenters. The van der Waals surface area contributed by atoms with Gasteiger partial charge in [-0.3, -0.25) is 9.69 Å². The highest BCUT2D eigenvalue weighted by atomic mass is 19.1. The van der Waals surface area contributed by atoms with E-state index in [0.29, 0.717) is 37.1 Å². The molecule has 1 aliphatic rings. The fourth-order valence-corrected chi connectivity index (χ4v) is 6.30. The van der Waals surface area contributed by atoms with Crippen LogP contribution in [0.3, 0.4) is 0 Å². The second-order valence-corrected chi connectivity index (χ2v) is 13.4. The molecule has 0 radical (unpaired) electrons. The van der Waals surface area contributed by atoms with Crippen LogP contribution in [-0.2, 0) is 24.4 Å². The molecule has 1 saturated heterocycles. The van der Waals surface area contributed by atoms with E-state index in [1.165, 1.54) is 23.3 Å². The Morgan fingerprint density at radius 2 is 1.43 bits per heavy atom. The average molecular weight is 716 g/mol. The number of hydrogen-bond donors (Lipinski definition) is 0. The smallest absolute Gasteiger partial charge is 0.246 e. The number of rotatable bonds is 14. The molecule has 0 bridgehead atoms. The zero-order valence-electron chi connectivity index (χ0n) is 30.8. The van der Waals surface area contributed by atoms with Crippen molar-refractivity contribution in [1.29, 1.82) is 0 Å². The van der Waals surface area contributed by atoms with Gasteiger partial charge in [-0.25, -0.2) is 9.37 Å². The van der Waals surface area contributed by atoms with Crippen LogP contribution in [0.15, 0.2) is 109 Å². The van der Waals surface area contributed by atoms with Gasteiger partial charge >= 0.3 is 0 Å². The lowest BCUT2D eigenvalue weighted by Crippen LogP contribution is -2.47. The summed E-state index contributed by atoms with van der Waals surface area (Å²) >= 11 is 0. The van der Waals surface area contributed by atoms with E-state index in [2.05, 4.69) is 34.1 Å². The number of halogens is 1. The maximum atomic E-state index is 13.2. The molecule has 1 unspecified atom stereocenters. The summed E-state index contributed by atoms with van der Waals surface area (Å²) in [6.45, 7) is 10.3. The summed E-state index contributed by atoms with van der Waals surface area (Å²) in [7, 11) is 1.64. The van der Waals surface area contributed by atoms with Crippen molar-refractivity contribution in [3.63, 3.8) is 0 Å². The summed E-state index contributed by atoms with van der Waals surface area (Å²) < 4.78 is 36.3. The number of nitrogens with zero attached hydrogens (tertiary/aromatic N) is 3. The monoisotopic (exact) mass is 715 g/mol. The molecule has 2 heterocycles. The summed E-state index contributed by atoms with van der Waals surface area (Å²) in [5.41, 5.74) is 6.30. The van der Waals surface area contributed by atoms with Gasteiger partial charge in [-0.1, -0.05) is 36.4 Å². The van der Waals surface area contributed by atoms with Crippen molar-refractivity contribution in [2.75, 3.05) is 33.3 Å². The zero-order chi connectivity index (χ0) is 37.2. The summed E-state index contributed by atoms with van der Waals surface area (Å²) in [6.07, 6.45) is 5.92. The van der Waals surface area contributed by atoms with Crippen molar-refractivity contribution in [2.45, 2.75) is 46.4 Å². The minimum atomic E-state index is -0.271. The Morgan fingerprint density at radius 3 is 2.08 bits per heavy atom. The Morgan fingerprint density at radius 1 is 0.811 bits per heavy atom. The van der Waals surface area contributed by atoms with E-state index < -0.39 is 0 Å². The minimum absolute atomic E-state index is 0.0140. The molecule has 1 aliphatic heterocycles. The van der Waals surface area contributed by atoms with Crippen molar-refractivity contribution in [3.8, 4) is 28.9 Å². The number of carbonyl (C=O) groups excluding carboxylic acids is 1. The first-order chi connectivity index (χ1) is 25.7. The van der Waals surface area contributed by atoms with Gasteiger partial charge < -0.3 is 23.8 Å². The topological polar surface area (TPSA) is 73.4 Å². The van der Waals surface area contributed by atoms with Gasteiger partial charge in [-0.2, -0.15) is 0 Å². The van der Waals surface area contributed by atoms with Crippen LogP contribution in [0.5, 0.6) is 28.9 Å². The molecule has 4 aromatic carbocycles. The Hall–Kier alpha value is -5.67. The van der Waals surface area contributed by atoms with Gasteiger partial charge in [0.25, 0.3) is 0 Å². The zero-order valence-corrected chi connectivity index (χ0v) is 30.8. The highest BCUT2D eigenvalue weighted by Crippen LogP contribution is 2.30. The number of ether oxygens (including phenoxy) is 4. The fraction of sp³-hybridized carbons (Fsp3) is 0.273. The predicted molar refractivity (Wildman–Crippen MR) is 205 cm³/mol. The SMILES string of the molecule is COc1ccc(COc2ccc(Oc3c(C)cc(/C=C/C(=O)N4CCN(Cc5ccc(CC(C)Oc6ccc(F)cc6)cc5)CC4)cc3C)nc2)cc1. The molecule has 6 rings (SSSR count). The first kappa shape index (κ1) is 37.1. The molecular formula is C44H46FN3O5. The standard InChI is InChI=1S/C44H46FN3O5/c1-31-25-37(26-32(2)44(31)53-42-19-18-41(28-46-42)51-30-36-9-14-39(50-4)15-10-36)11-20-43(49)48-23-21-47(22-24-48)29-35-7-5-34(6-8-35)27-33(3)52-40-16-12-38(45)13-17-40/h5-20,25-26,28,33H,21-24,27,29-30H2,1-4H3/b20-11+.